The van der Waals surface area contributed by atoms with Gasteiger partial charge in [0, 0.05) is 4.88 Å². The van der Waals surface area contributed by atoms with E-state index < -0.39 is 0 Å². The third-order valence-electron chi connectivity index (χ3n) is 4.83. The van der Waals surface area contributed by atoms with Crippen LogP contribution in [0.1, 0.15) is 45.4 Å². The van der Waals surface area contributed by atoms with E-state index in [1.54, 1.807) is 24.5 Å². The monoisotopic (exact) mass is 370 g/mol. The van der Waals surface area contributed by atoms with Crippen LogP contribution in [0.4, 0.5) is 5.00 Å². The average molecular weight is 370 g/mol. The molecule has 5 nitrogen and oxygen atoms in total. The van der Waals surface area contributed by atoms with Crippen LogP contribution in [0.2, 0.25) is 0 Å². The zero-order valence-corrected chi connectivity index (χ0v) is 15.6. The number of carbonyl (C=O) groups is 1. The van der Waals surface area contributed by atoms with Crippen molar-refractivity contribution in [2.75, 3.05) is 19.0 Å². The second-order valence-corrected chi connectivity index (χ2v) is 7.58. The number of fused-ring (bicyclic) bond motifs is 3. The highest BCUT2D eigenvalue weighted by molar-refractivity contribution is 7.16. The van der Waals surface area contributed by atoms with Crippen molar-refractivity contribution >= 4 is 22.2 Å². The van der Waals surface area contributed by atoms with Gasteiger partial charge in [0.15, 0.2) is 11.5 Å². The van der Waals surface area contributed by atoms with Crippen LogP contribution in [0, 0.1) is 0 Å². The molecular weight excluding hydrogens is 348 g/mol. The number of carbonyl (C=O) groups excluding carboxylic acids is 1. The van der Waals surface area contributed by atoms with Gasteiger partial charge in [0.2, 0.25) is 0 Å². The van der Waals surface area contributed by atoms with Crippen molar-refractivity contribution in [3.8, 4) is 11.5 Å². The molecule has 0 radical (unpaired) electrons. The molecule has 0 spiro atoms. The van der Waals surface area contributed by atoms with E-state index in [1.807, 2.05) is 18.2 Å². The van der Waals surface area contributed by atoms with Crippen molar-refractivity contribution in [1.29, 1.82) is 0 Å². The van der Waals surface area contributed by atoms with E-state index in [1.165, 1.54) is 16.9 Å². The summed E-state index contributed by atoms with van der Waals surface area (Å²) in [6.45, 7) is 4.07. The van der Waals surface area contributed by atoms with E-state index in [0.717, 1.165) is 35.4 Å². The molecule has 4 rings (SSSR count). The molecule has 1 aliphatic heterocycles. The summed E-state index contributed by atoms with van der Waals surface area (Å²) in [6.07, 6.45) is 5.87. The molecule has 2 N–H and O–H groups in total. The lowest BCUT2D eigenvalue weighted by Gasteiger charge is -2.27. The Hall–Kier alpha value is -2.47. The van der Waals surface area contributed by atoms with Crippen LogP contribution < -0.4 is 20.1 Å². The minimum Gasteiger partial charge on any atom is -0.493 e. The summed E-state index contributed by atoms with van der Waals surface area (Å²) >= 11 is 1.73. The van der Waals surface area contributed by atoms with Crippen LogP contribution in [0.5, 0.6) is 11.5 Å². The van der Waals surface area contributed by atoms with E-state index in [-0.39, 0.29) is 12.1 Å². The first kappa shape index (κ1) is 17.0. The first-order valence-electron chi connectivity index (χ1n) is 8.85. The summed E-state index contributed by atoms with van der Waals surface area (Å²) in [6, 6.07) is 5.70. The number of ether oxygens (including phenoxy) is 2. The fraction of sp³-hybridized carbons (Fsp3) is 0.350. The number of anilines is 1. The van der Waals surface area contributed by atoms with Crippen molar-refractivity contribution in [2.24, 2.45) is 0 Å². The molecule has 0 bridgehead atoms. The van der Waals surface area contributed by atoms with E-state index in [4.69, 9.17) is 9.47 Å². The van der Waals surface area contributed by atoms with Gasteiger partial charge in [-0.25, -0.2) is 0 Å². The van der Waals surface area contributed by atoms with Crippen molar-refractivity contribution in [1.82, 2.24) is 5.32 Å². The molecule has 1 atom stereocenters. The molecule has 1 amide bonds. The van der Waals surface area contributed by atoms with Gasteiger partial charge in [-0.2, -0.15) is 0 Å². The van der Waals surface area contributed by atoms with Crippen molar-refractivity contribution in [2.45, 2.75) is 31.8 Å². The number of hydrogen-bond acceptors (Lipinski definition) is 5. The molecule has 1 aliphatic carbocycles. The van der Waals surface area contributed by atoms with Gasteiger partial charge < -0.3 is 20.1 Å². The fourth-order valence-electron chi connectivity index (χ4n) is 3.58. The topological polar surface area (TPSA) is 59.6 Å². The lowest BCUT2D eigenvalue weighted by Crippen LogP contribution is -2.38. The molecule has 1 aromatic carbocycles. The van der Waals surface area contributed by atoms with E-state index in [0.29, 0.717) is 18.1 Å². The number of amides is 1. The second-order valence-electron chi connectivity index (χ2n) is 6.48. The Morgan fingerprint density at radius 1 is 1.27 bits per heavy atom. The first-order chi connectivity index (χ1) is 12.7. The van der Waals surface area contributed by atoms with Gasteiger partial charge in [-0.1, -0.05) is 18.7 Å². The minimum absolute atomic E-state index is 0.00843. The Kier molecular flexibility index (Phi) is 4.59. The summed E-state index contributed by atoms with van der Waals surface area (Å²) in [5.41, 5.74) is 3.02. The summed E-state index contributed by atoms with van der Waals surface area (Å²) in [4.78, 5) is 14.1. The number of aryl methyl sites for hydroxylation is 1. The maximum Gasteiger partial charge on any atom is 0.256 e. The lowest BCUT2D eigenvalue weighted by atomic mass is 9.94. The van der Waals surface area contributed by atoms with Crippen molar-refractivity contribution in [3.05, 3.63) is 52.4 Å². The molecule has 136 valence electrons. The minimum atomic E-state index is -0.280. The number of methoxy groups -OCH3 is 1. The molecule has 6 heteroatoms. The van der Waals surface area contributed by atoms with Gasteiger partial charge in [0.05, 0.1) is 12.7 Å². The molecule has 1 aromatic heterocycles. The molecule has 0 saturated carbocycles. The SMILES string of the molecule is C=CCOc1ccc([C@H]2NC(=O)c3c(sc4c3CCCC4)N2)cc1OC. The molecule has 0 fully saturated rings. The van der Waals surface area contributed by atoms with Crippen LogP contribution in [0.15, 0.2) is 30.9 Å². The van der Waals surface area contributed by atoms with E-state index in [9.17, 15) is 4.79 Å². The number of nitrogens with one attached hydrogen (secondary N) is 2. The predicted molar refractivity (Wildman–Crippen MR) is 103 cm³/mol. The molecule has 2 aromatic rings. The maximum atomic E-state index is 12.8. The third kappa shape index (κ3) is 2.94. The Balaban J connectivity index is 1.62. The highest BCUT2D eigenvalue weighted by Crippen LogP contribution is 2.42. The van der Waals surface area contributed by atoms with Crippen LogP contribution in [-0.4, -0.2) is 19.6 Å². The van der Waals surface area contributed by atoms with Gasteiger partial charge in [-0.15, -0.1) is 11.3 Å². The summed E-state index contributed by atoms with van der Waals surface area (Å²) in [7, 11) is 1.61. The van der Waals surface area contributed by atoms with Crippen LogP contribution in [0.25, 0.3) is 0 Å². The van der Waals surface area contributed by atoms with Crippen LogP contribution >= 0.6 is 11.3 Å². The third-order valence-corrected chi connectivity index (χ3v) is 6.05. The van der Waals surface area contributed by atoms with Gasteiger partial charge >= 0.3 is 0 Å². The van der Waals surface area contributed by atoms with Gasteiger partial charge in [0.25, 0.3) is 5.91 Å². The Morgan fingerprint density at radius 3 is 2.92 bits per heavy atom. The van der Waals surface area contributed by atoms with Gasteiger partial charge in [0.1, 0.15) is 17.8 Å². The summed E-state index contributed by atoms with van der Waals surface area (Å²) < 4.78 is 11.0. The van der Waals surface area contributed by atoms with Crippen LogP contribution in [0.3, 0.4) is 0 Å². The summed E-state index contributed by atoms with van der Waals surface area (Å²) in [5, 5.41) is 7.55. The molecule has 2 heterocycles. The number of benzene rings is 1. The smallest absolute Gasteiger partial charge is 0.256 e. The second kappa shape index (κ2) is 7.03. The van der Waals surface area contributed by atoms with Crippen LogP contribution in [-0.2, 0) is 12.8 Å². The largest absolute Gasteiger partial charge is 0.493 e. The highest BCUT2D eigenvalue weighted by Gasteiger charge is 2.32. The van der Waals surface area contributed by atoms with Crippen molar-refractivity contribution in [3.63, 3.8) is 0 Å². The molecular formula is C20H22N2O3S. The fourth-order valence-corrected chi connectivity index (χ4v) is 4.89. The zero-order chi connectivity index (χ0) is 18.1. The first-order valence-corrected chi connectivity index (χ1v) is 9.66. The van der Waals surface area contributed by atoms with Crippen molar-refractivity contribution < 1.29 is 14.3 Å². The molecule has 26 heavy (non-hydrogen) atoms. The number of thiophene rings is 1. The standard InChI is InChI=1S/C20H22N2O3S/c1-3-10-25-14-9-8-12(11-15(14)24-2)18-21-19(23)17-13-6-4-5-7-16(13)26-20(17)22-18/h3,8-9,11,18,22H,1,4-7,10H2,2H3,(H,21,23)/t18-/m0/s1. The Morgan fingerprint density at radius 2 is 2.12 bits per heavy atom. The average Bonchev–Trinajstić information content (AvgIpc) is 3.05. The van der Waals surface area contributed by atoms with Gasteiger partial charge in [-0.3, -0.25) is 4.79 Å². The quantitative estimate of drug-likeness (QED) is 0.780. The van der Waals surface area contributed by atoms with E-state index in [2.05, 4.69) is 17.2 Å². The van der Waals surface area contributed by atoms with Gasteiger partial charge in [-0.05, 0) is 48.9 Å². The zero-order valence-electron chi connectivity index (χ0n) is 14.8. The lowest BCUT2D eigenvalue weighted by molar-refractivity contribution is 0.0935. The summed E-state index contributed by atoms with van der Waals surface area (Å²) in [5.74, 6) is 1.30. The normalized spacial score (nSPS) is 18.2. The highest BCUT2D eigenvalue weighted by atomic mass is 32.1. The predicted octanol–water partition coefficient (Wildman–Crippen LogP) is 4.05. The Bertz CT molecular complexity index is 859. The molecule has 2 aliphatic rings. The molecule has 0 unspecified atom stereocenters. The molecule has 0 saturated heterocycles. The van der Waals surface area contributed by atoms with E-state index >= 15 is 0 Å². The Labute approximate surface area is 157 Å². The maximum absolute atomic E-state index is 12.8. The number of hydrogen-bond donors (Lipinski definition) is 2. The number of rotatable bonds is 5.